The molecule has 0 aromatic carbocycles. The first-order valence-corrected chi connectivity index (χ1v) is 6.92. The summed E-state index contributed by atoms with van der Waals surface area (Å²) in [5.74, 6) is 0. The van der Waals surface area contributed by atoms with E-state index in [1.54, 1.807) is 0 Å². The van der Waals surface area contributed by atoms with Gasteiger partial charge in [-0.2, -0.15) is 0 Å². The van der Waals surface area contributed by atoms with E-state index in [0.29, 0.717) is 26.1 Å². The standard InChI is InChI=1S/C11H22O5S/c12-5-2-8-14-10-4-1-7-15-11(10)17-16-9-3-6-13/h10-13H,1-9H2. The third-order valence-electron chi connectivity index (χ3n) is 2.40. The molecule has 1 rings (SSSR count). The summed E-state index contributed by atoms with van der Waals surface area (Å²) in [6.07, 6.45) is 3.29. The molecular formula is C11H22O5S. The van der Waals surface area contributed by atoms with E-state index in [1.807, 2.05) is 0 Å². The van der Waals surface area contributed by atoms with Crippen LogP contribution in [-0.4, -0.2) is 54.8 Å². The van der Waals surface area contributed by atoms with E-state index in [-0.39, 0.29) is 24.8 Å². The lowest BCUT2D eigenvalue weighted by Gasteiger charge is -2.30. The largest absolute Gasteiger partial charge is 0.396 e. The van der Waals surface area contributed by atoms with Crippen LogP contribution in [0.2, 0.25) is 0 Å². The van der Waals surface area contributed by atoms with Gasteiger partial charge in [-0.3, -0.25) is 0 Å². The number of rotatable bonds is 9. The van der Waals surface area contributed by atoms with E-state index in [9.17, 15) is 0 Å². The molecule has 2 atom stereocenters. The zero-order chi connectivity index (χ0) is 12.3. The topological polar surface area (TPSA) is 68.2 Å². The highest BCUT2D eigenvalue weighted by Crippen LogP contribution is 2.27. The van der Waals surface area contributed by atoms with E-state index in [2.05, 4.69) is 0 Å². The van der Waals surface area contributed by atoms with Gasteiger partial charge in [0.1, 0.15) is 0 Å². The maximum absolute atomic E-state index is 8.70. The van der Waals surface area contributed by atoms with Crippen molar-refractivity contribution in [3.63, 3.8) is 0 Å². The van der Waals surface area contributed by atoms with Crippen LogP contribution >= 0.6 is 12.0 Å². The number of hydrogen-bond acceptors (Lipinski definition) is 6. The molecule has 1 aliphatic heterocycles. The fourth-order valence-corrected chi connectivity index (χ4v) is 2.36. The minimum absolute atomic E-state index is 0.0365. The lowest BCUT2D eigenvalue weighted by Crippen LogP contribution is -2.34. The molecule has 1 saturated heterocycles. The monoisotopic (exact) mass is 266 g/mol. The molecule has 0 aromatic rings. The maximum Gasteiger partial charge on any atom is 0.154 e. The summed E-state index contributed by atoms with van der Waals surface area (Å²) in [6, 6.07) is 0. The minimum atomic E-state index is -0.0962. The zero-order valence-corrected chi connectivity index (χ0v) is 10.9. The summed E-state index contributed by atoms with van der Waals surface area (Å²) in [7, 11) is 0. The predicted molar refractivity (Wildman–Crippen MR) is 65.7 cm³/mol. The highest BCUT2D eigenvalue weighted by atomic mass is 32.2. The Kier molecular flexibility index (Phi) is 9.04. The van der Waals surface area contributed by atoms with Gasteiger partial charge in [-0.15, -0.1) is 0 Å². The van der Waals surface area contributed by atoms with Crippen molar-refractivity contribution >= 4 is 12.0 Å². The SMILES string of the molecule is OCCCOSC1OCCCC1OCCCO. The molecular weight excluding hydrogens is 244 g/mol. The van der Waals surface area contributed by atoms with E-state index < -0.39 is 0 Å². The Morgan fingerprint density at radius 1 is 1.18 bits per heavy atom. The van der Waals surface area contributed by atoms with Crippen LogP contribution in [0.25, 0.3) is 0 Å². The summed E-state index contributed by atoms with van der Waals surface area (Å²) < 4.78 is 16.6. The second-order valence-corrected chi connectivity index (χ2v) is 4.76. The highest BCUT2D eigenvalue weighted by molar-refractivity contribution is 7.95. The van der Waals surface area contributed by atoms with Gasteiger partial charge in [-0.1, -0.05) is 0 Å². The molecule has 5 nitrogen and oxygen atoms in total. The van der Waals surface area contributed by atoms with E-state index in [4.69, 9.17) is 23.9 Å². The van der Waals surface area contributed by atoms with Crippen LogP contribution in [0.4, 0.5) is 0 Å². The van der Waals surface area contributed by atoms with Crippen LogP contribution in [0.5, 0.6) is 0 Å². The van der Waals surface area contributed by atoms with Crippen LogP contribution < -0.4 is 0 Å². The van der Waals surface area contributed by atoms with E-state index in [1.165, 1.54) is 12.0 Å². The summed E-state index contributed by atoms with van der Waals surface area (Å²) in [5.41, 5.74) is -0.0962. The molecule has 0 radical (unpaired) electrons. The first-order chi connectivity index (χ1) is 8.38. The third-order valence-corrected chi connectivity index (χ3v) is 3.33. The average molecular weight is 266 g/mol. The van der Waals surface area contributed by atoms with Crippen LogP contribution in [0, 0.1) is 0 Å². The van der Waals surface area contributed by atoms with Crippen molar-refractivity contribution in [3.05, 3.63) is 0 Å². The summed E-state index contributed by atoms with van der Waals surface area (Å²) in [6.45, 7) is 2.10. The lowest BCUT2D eigenvalue weighted by molar-refractivity contribution is -0.0709. The van der Waals surface area contributed by atoms with Gasteiger partial charge in [0.25, 0.3) is 0 Å². The molecule has 0 amide bonds. The molecule has 0 spiro atoms. The number of aliphatic hydroxyl groups is 2. The van der Waals surface area contributed by atoms with Gasteiger partial charge < -0.3 is 23.9 Å². The van der Waals surface area contributed by atoms with Crippen molar-refractivity contribution in [2.75, 3.05) is 33.0 Å². The summed E-state index contributed by atoms with van der Waals surface area (Å²) in [4.78, 5) is 0. The second kappa shape index (κ2) is 10.1. The molecule has 2 unspecified atom stereocenters. The predicted octanol–water partition coefficient (Wildman–Crippen LogP) is 0.938. The summed E-state index contributed by atoms with van der Waals surface area (Å²) in [5, 5.41) is 17.3. The molecule has 0 saturated carbocycles. The van der Waals surface area contributed by atoms with E-state index in [0.717, 1.165) is 19.4 Å². The van der Waals surface area contributed by atoms with Crippen LogP contribution in [-0.2, 0) is 13.7 Å². The Morgan fingerprint density at radius 2 is 1.94 bits per heavy atom. The van der Waals surface area contributed by atoms with Crippen molar-refractivity contribution < 1.29 is 23.9 Å². The first kappa shape index (κ1) is 15.2. The summed E-state index contributed by atoms with van der Waals surface area (Å²) >= 11 is 1.28. The van der Waals surface area contributed by atoms with Crippen molar-refractivity contribution in [1.29, 1.82) is 0 Å². The highest BCUT2D eigenvalue weighted by Gasteiger charge is 2.27. The number of aliphatic hydroxyl groups excluding tert-OH is 2. The van der Waals surface area contributed by atoms with Gasteiger partial charge in [0.05, 0.1) is 12.7 Å². The second-order valence-electron chi connectivity index (χ2n) is 3.86. The molecule has 1 fully saturated rings. The van der Waals surface area contributed by atoms with Gasteiger partial charge in [-0.25, -0.2) is 0 Å². The Balaban J connectivity index is 2.17. The Hall–Kier alpha value is 0.150. The lowest BCUT2D eigenvalue weighted by atomic mass is 10.2. The molecule has 1 aliphatic rings. The molecule has 2 N–H and O–H groups in total. The van der Waals surface area contributed by atoms with Crippen molar-refractivity contribution in [2.24, 2.45) is 0 Å². The van der Waals surface area contributed by atoms with Gasteiger partial charge in [-0.05, 0) is 25.7 Å². The normalized spacial score (nSPS) is 25.1. The van der Waals surface area contributed by atoms with Crippen molar-refractivity contribution in [1.82, 2.24) is 0 Å². The van der Waals surface area contributed by atoms with Gasteiger partial charge >= 0.3 is 0 Å². The van der Waals surface area contributed by atoms with Crippen LogP contribution in [0.3, 0.4) is 0 Å². The Morgan fingerprint density at radius 3 is 2.71 bits per heavy atom. The average Bonchev–Trinajstić information content (AvgIpc) is 2.36. The fourth-order valence-electron chi connectivity index (χ4n) is 1.52. The van der Waals surface area contributed by atoms with Gasteiger partial charge in [0, 0.05) is 38.5 Å². The Bertz CT molecular complexity index is 181. The fraction of sp³-hybridized carbons (Fsp3) is 1.00. The smallest absolute Gasteiger partial charge is 0.154 e. The van der Waals surface area contributed by atoms with Gasteiger partial charge in [0.15, 0.2) is 5.44 Å². The number of hydrogen-bond donors (Lipinski definition) is 2. The molecule has 17 heavy (non-hydrogen) atoms. The molecule has 102 valence electrons. The Labute approximate surface area is 107 Å². The maximum atomic E-state index is 8.70. The van der Waals surface area contributed by atoms with E-state index >= 15 is 0 Å². The molecule has 0 bridgehead atoms. The third kappa shape index (κ3) is 6.59. The minimum Gasteiger partial charge on any atom is -0.396 e. The molecule has 0 aliphatic carbocycles. The number of ether oxygens (including phenoxy) is 2. The van der Waals surface area contributed by atoms with Crippen molar-refractivity contribution in [3.8, 4) is 0 Å². The molecule has 1 heterocycles. The van der Waals surface area contributed by atoms with Crippen LogP contribution in [0.15, 0.2) is 0 Å². The van der Waals surface area contributed by atoms with Gasteiger partial charge in [0.2, 0.25) is 0 Å². The quantitative estimate of drug-likeness (QED) is 0.478. The molecule has 0 aromatic heterocycles. The first-order valence-electron chi connectivity index (χ1n) is 6.11. The van der Waals surface area contributed by atoms with Crippen molar-refractivity contribution in [2.45, 2.75) is 37.2 Å². The molecule has 6 heteroatoms. The zero-order valence-electron chi connectivity index (χ0n) is 10.0. The van der Waals surface area contributed by atoms with Crippen LogP contribution in [0.1, 0.15) is 25.7 Å².